The predicted octanol–water partition coefficient (Wildman–Crippen LogP) is 10.4. The van der Waals surface area contributed by atoms with Crippen molar-refractivity contribution in [3.63, 3.8) is 0 Å². The van der Waals surface area contributed by atoms with Gasteiger partial charge in [0.15, 0.2) is 23.1 Å². The molecule has 2 heterocycles. The van der Waals surface area contributed by atoms with Crippen molar-refractivity contribution in [2.75, 3.05) is 23.9 Å². The molecule has 0 aromatic heterocycles. The molecule has 0 amide bonds. The number of anilines is 2. The Morgan fingerprint density at radius 3 is 1.19 bits per heavy atom. The fourth-order valence-electron chi connectivity index (χ4n) is 9.02. The maximum Gasteiger partial charge on any atom is 0.197 e. The SMILES string of the molecule is CN1C(=CC=C2C(=O)c3ccccc3C2=O)C(C)(CCCCC2(C)C(=CC=C3C(=O)c4ccccc4C3=O)N(C)c3cc(Cl)ccc32)c2ccc(Cl)cc21. The average molecular weight is 754 g/mol. The lowest BCUT2D eigenvalue weighted by Crippen LogP contribution is -2.28. The molecule has 54 heavy (non-hydrogen) atoms. The van der Waals surface area contributed by atoms with Gasteiger partial charge in [0.1, 0.15) is 0 Å². The zero-order chi connectivity index (χ0) is 38.1. The standard InChI is InChI=1S/C46H38Cl2N2O4/c1-45(35-19-15-27(47)25-37(35)49(3)39(45)21-17-33-41(51)29-11-5-6-12-30(29)42(33)52)23-9-10-24-46(2)36-20-16-28(48)26-38(36)50(4)40(46)22-18-34-43(53)31-13-7-8-14-32(31)44(34)54/h5-8,11-22,25-26H,9-10,23-24H2,1-4H3. The van der Waals surface area contributed by atoms with Crippen molar-refractivity contribution in [3.8, 4) is 0 Å². The molecule has 2 aliphatic heterocycles. The van der Waals surface area contributed by atoms with E-state index in [1.165, 1.54) is 0 Å². The Balaban J connectivity index is 1.09. The van der Waals surface area contributed by atoms with Gasteiger partial charge in [0.05, 0.1) is 11.1 Å². The van der Waals surface area contributed by atoms with Gasteiger partial charge in [-0.1, -0.05) is 96.7 Å². The van der Waals surface area contributed by atoms with Crippen LogP contribution in [0.5, 0.6) is 0 Å². The van der Waals surface area contributed by atoms with E-state index in [4.69, 9.17) is 23.2 Å². The molecule has 0 fully saturated rings. The number of nitrogens with zero attached hydrogens (tertiary/aromatic N) is 2. The van der Waals surface area contributed by atoms with Crippen LogP contribution in [0.4, 0.5) is 11.4 Å². The van der Waals surface area contributed by atoms with Gasteiger partial charge in [-0.3, -0.25) is 19.2 Å². The Morgan fingerprint density at radius 2 is 0.852 bits per heavy atom. The summed E-state index contributed by atoms with van der Waals surface area (Å²) in [5, 5.41) is 1.27. The number of hydrogen-bond acceptors (Lipinski definition) is 6. The molecule has 8 rings (SSSR count). The van der Waals surface area contributed by atoms with Crippen LogP contribution in [0.25, 0.3) is 0 Å². The Hall–Kier alpha value is -5.30. The summed E-state index contributed by atoms with van der Waals surface area (Å²) >= 11 is 13.0. The van der Waals surface area contributed by atoms with Crippen molar-refractivity contribution in [2.45, 2.75) is 50.4 Å². The number of halogens is 2. The highest BCUT2D eigenvalue weighted by atomic mass is 35.5. The van der Waals surface area contributed by atoms with Crippen LogP contribution >= 0.6 is 23.2 Å². The number of carbonyl (C=O) groups excluding carboxylic acids is 4. The van der Waals surface area contributed by atoms with Gasteiger partial charge >= 0.3 is 0 Å². The summed E-state index contributed by atoms with van der Waals surface area (Å²) in [6, 6.07) is 25.8. The van der Waals surface area contributed by atoms with Gasteiger partial charge in [0, 0.05) is 80.0 Å². The lowest BCUT2D eigenvalue weighted by molar-refractivity contribution is 0.0973. The molecule has 0 saturated carbocycles. The minimum Gasteiger partial charge on any atom is -0.347 e. The number of likely N-dealkylation sites (N-methyl/N-ethyl adjacent to an activating group) is 2. The van der Waals surface area contributed by atoms with Crippen LogP contribution in [-0.2, 0) is 10.8 Å². The fourth-order valence-corrected chi connectivity index (χ4v) is 9.35. The molecule has 8 heteroatoms. The average Bonchev–Trinajstić information content (AvgIpc) is 3.72. The second-order valence-electron chi connectivity index (χ2n) is 15.0. The summed E-state index contributed by atoms with van der Waals surface area (Å²) in [6.45, 7) is 4.43. The first kappa shape index (κ1) is 35.7. The van der Waals surface area contributed by atoms with Crippen LogP contribution in [-0.4, -0.2) is 37.2 Å². The highest BCUT2D eigenvalue weighted by molar-refractivity contribution is 6.40. The number of unbranched alkanes of at least 4 members (excludes halogenated alkanes) is 1. The molecule has 0 spiro atoms. The van der Waals surface area contributed by atoms with Gasteiger partial charge < -0.3 is 9.80 Å². The van der Waals surface area contributed by atoms with Gasteiger partial charge in [-0.15, -0.1) is 0 Å². The number of rotatable bonds is 7. The van der Waals surface area contributed by atoms with E-state index in [2.05, 4.69) is 35.8 Å². The predicted molar refractivity (Wildman–Crippen MR) is 215 cm³/mol. The number of ketones is 4. The van der Waals surface area contributed by atoms with Crippen LogP contribution < -0.4 is 9.80 Å². The van der Waals surface area contributed by atoms with E-state index in [9.17, 15) is 19.2 Å². The number of fused-ring (bicyclic) bond motifs is 4. The first-order valence-electron chi connectivity index (χ1n) is 18.1. The van der Waals surface area contributed by atoms with Gasteiger partial charge in [0.25, 0.3) is 0 Å². The Bertz CT molecular complexity index is 2230. The molecular weight excluding hydrogens is 715 g/mol. The monoisotopic (exact) mass is 752 g/mol. The number of benzene rings is 4. The van der Waals surface area contributed by atoms with E-state index in [1.54, 1.807) is 60.7 Å². The third kappa shape index (κ3) is 5.46. The third-order valence-corrected chi connectivity index (χ3v) is 12.4. The molecule has 0 saturated heterocycles. The van der Waals surface area contributed by atoms with E-state index in [0.29, 0.717) is 32.3 Å². The zero-order valence-electron chi connectivity index (χ0n) is 30.5. The van der Waals surface area contributed by atoms with Crippen molar-refractivity contribution in [2.24, 2.45) is 0 Å². The first-order chi connectivity index (χ1) is 25.8. The van der Waals surface area contributed by atoms with Crippen molar-refractivity contribution >= 4 is 57.7 Å². The van der Waals surface area contributed by atoms with Gasteiger partial charge in [-0.05, 0) is 86.4 Å². The molecule has 4 aliphatic rings. The number of allylic oxidation sites excluding steroid dienone is 8. The number of hydrogen-bond donors (Lipinski definition) is 0. The zero-order valence-corrected chi connectivity index (χ0v) is 32.0. The lowest BCUT2D eigenvalue weighted by atomic mass is 9.74. The van der Waals surface area contributed by atoms with Gasteiger partial charge in [-0.2, -0.15) is 0 Å². The van der Waals surface area contributed by atoms with Crippen LogP contribution in [0, 0.1) is 0 Å². The Morgan fingerprint density at radius 1 is 0.519 bits per heavy atom. The quantitative estimate of drug-likeness (QED) is 0.106. The summed E-state index contributed by atoms with van der Waals surface area (Å²) in [5.41, 5.74) is 7.47. The molecule has 0 N–H and O–H groups in total. The van der Waals surface area contributed by atoms with Crippen molar-refractivity contribution < 1.29 is 19.2 Å². The highest BCUT2D eigenvalue weighted by Crippen LogP contribution is 2.53. The third-order valence-electron chi connectivity index (χ3n) is 11.9. The second kappa shape index (κ2) is 13.2. The van der Waals surface area contributed by atoms with Crippen LogP contribution in [0.2, 0.25) is 10.0 Å². The van der Waals surface area contributed by atoms with E-state index in [-0.39, 0.29) is 34.3 Å². The highest BCUT2D eigenvalue weighted by Gasteiger charge is 2.44. The molecule has 4 aromatic rings. The van der Waals surface area contributed by atoms with Crippen molar-refractivity contribution in [3.05, 3.63) is 175 Å². The van der Waals surface area contributed by atoms with Crippen LogP contribution in [0.15, 0.2) is 132 Å². The summed E-state index contributed by atoms with van der Waals surface area (Å²) < 4.78 is 0. The van der Waals surface area contributed by atoms with Gasteiger partial charge in [0.2, 0.25) is 0 Å². The molecule has 4 aromatic carbocycles. The van der Waals surface area contributed by atoms with Crippen molar-refractivity contribution in [1.29, 1.82) is 0 Å². The Labute approximate surface area is 325 Å². The molecule has 6 nitrogen and oxygen atoms in total. The van der Waals surface area contributed by atoms with E-state index in [1.807, 2.05) is 50.5 Å². The van der Waals surface area contributed by atoms with Crippen LogP contribution in [0.1, 0.15) is 92.1 Å². The first-order valence-corrected chi connectivity index (χ1v) is 18.9. The maximum atomic E-state index is 13.2. The topological polar surface area (TPSA) is 74.8 Å². The van der Waals surface area contributed by atoms with Crippen LogP contribution in [0.3, 0.4) is 0 Å². The number of Topliss-reactive ketones (excluding diaryl/α,β-unsaturated/α-hetero) is 4. The molecular formula is C46H38Cl2N2O4. The summed E-state index contributed by atoms with van der Waals surface area (Å²) in [5.74, 6) is -1.01. The summed E-state index contributed by atoms with van der Waals surface area (Å²) in [4.78, 5) is 57.2. The summed E-state index contributed by atoms with van der Waals surface area (Å²) in [6.07, 6.45) is 10.6. The van der Waals surface area contributed by atoms with E-state index < -0.39 is 10.8 Å². The molecule has 0 bridgehead atoms. The maximum absolute atomic E-state index is 13.2. The molecule has 0 radical (unpaired) electrons. The molecule has 2 aliphatic carbocycles. The normalized spacial score (nSPS) is 22.8. The van der Waals surface area contributed by atoms with Crippen molar-refractivity contribution in [1.82, 2.24) is 0 Å². The lowest BCUT2D eigenvalue weighted by Gasteiger charge is -2.31. The molecule has 270 valence electrons. The smallest absolute Gasteiger partial charge is 0.197 e. The number of carbonyl (C=O) groups is 4. The van der Waals surface area contributed by atoms with E-state index >= 15 is 0 Å². The fraction of sp³-hybridized carbons (Fsp3) is 0.217. The Kier molecular flexibility index (Phi) is 8.75. The van der Waals surface area contributed by atoms with Gasteiger partial charge in [-0.25, -0.2) is 0 Å². The minimum atomic E-state index is -0.427. The van der Waals surface area contributed by atoms with E-state index in [0.717, 1.165) is 59.6 Å². The summed E-state index contributed by atoms with van der Waals surface area (Å²) in [7, 11) is 4.00. The second-order valence-corrected chi connectivity index (χ2v) is 15.9. The molecule has 2 atom stereocenters. The minimum absolute atomic E-state index is 0.171. The largest absolute Gasteiger partial charge is 0.347 e. The molecule has 2 unspecified atom stereocenters.